The molecule has 3 rings (SSSR count). The Morgan fingerprint density at radius 1 is 1.38 bits per heavy atom. The van der Waals surface area contributed by atoms with Gasteiger partial charge in [0.1, 0.15) is 18.0 Å². The third-order valence-corrected chi connectivity index (χ3v) is 4.84. The Hall–Kier alpha value is -2.07. The molecule has 2 unspecified atom stereocenters. The van der Waals surface area contributed by atoms with Gasteiger partial charge in [-0.05, 0) is 34.4 Å². The lowest BCUT2D eigenvalue weighted by atomic mass is 9.76. The molecule has 0 saturated heterocycles. The van der Waals surface area contributed by atoms with E-state index in [0.717, 1.165) is 34.5 Å². The van der Waals surface area contributed by atoms with Crippen LogP contribution in [-0.2, 0) is 12.5 Å². The molecule has 128 valence electrons. The predicted molar refractivity (Wildman–Crippen MR) is 77.5 cm³/mol. The number of tetrazole rings is 1. The Kier molecular flexibility index (Phi) is 4.26. The number of nitrogens with zero attached hydrogens (tertiary/aromatic N) is 4. The Labute approximate surface area is 137 Å². The second-order valence-electron chi connectivity index (χ2n) is 5.39. The SMILES string of the molecule is OC(Cn1cnnn1)(C1CC=C(F)C=C1F)C(F)(F)c1cccs1. The van der Waals surface area contributed by atoms with Crippen LogP contribution in [0.2, 0.25) is 0 Å². The van der Waals surface area contributed by atoms with E-state index in [-0.39, 0.29) is 0 Å². The van der Waals surface area contributed by atoms with Crippen LogP contribution >= 0.6 is 11.3 Å². The maximum absolute atomic E-state index is 15.1. The van der Waals surface area contributed by atoms with Crippen LogP contribution in [0.3, 0.4) is 0 Å². The number of halogens is 4. The number of rotatable bonds is 5. The Morgan fingerprint density at radius 3 is 2.75 bits per heavy atom. The lowest BCUT2D eigenvalue weighted by Crippen LogP contribution is -2.55. The van der Waals surface area contributed by atoms with Crippen LogP contribution in [0.15, 0.2) is 47.6 Å². The lowest BCUT2D eigenvalue weighted by Gasteiger charge is -2.40. The number of thiophene rings is 1. The fourth-order valence-corrected chi connectivity index (χ4v) is 3.44. The van der Waals surface area contributed by atoms with Crippen LogP contribution in [0.5, 0.6) is 0 Å². The Morgan fingerprint density at radius 2 is 2.17 bits per heavy atom. The molecule has 5 nitrogen and oxygen atoms in total. The van der Waals surface area contributed by atoms with Gasteiger partial charge in [-0.15, -0.1) is 16.4 Å². The minimum absolute atomic E-state index is 0.409. The zero-order valence-electron chi connectivity index (χ0n) is 12.1. The molecule has 24 heavy (non-hydrogen) atoms. The zero-order valence-corrected chi connectivity index (χ0v) is 12.9. The predicted octanol–water partition coefficient (Wildman–Crippen LogP) is 2.98. The molecule has 2 aromatic rings. The summed E-state index contributed by atoms with van der Waals surface area (Å²) in [5.74, 6) is -7.46. The highest BCUT2D eigenvalue weighted by molar-refractivity contribution is 7.10. The molecule has 2 aromatic heterocycles. The van der Waals surface area contributed by atoms with Crippen molar-refractivity contribution in [1.29, 1.82) is 0 Å². The van der Waals surface area contributed by atoms with Gasteiger partial charge in [-0.1, -0.05) is 6.07 Å². The van der Waals surface area contributed by atoms with Crippen LogP contribution in [0.1, 0.15) is 11.3 Å². The molecule has 1 aliphatic rings. The maximum Gasteiger partial charge on any atom is 0.312 e. The fourth-order valence-electron chi connectivity index (χ4n) is 2.66. The smallest absolute Gasteiger partial charge is 0.312 e. The molecule has 1 N–H and O–H groups in total. The molecule has 10 heteroatoms. The minimum atomic E-state index is -3.80. The first-order valence-electron chi connectivity index (χ1n) is 6.92. The molecule has 0 aliphatic heterocycles. The molecule has 0 bridgehead atoms. The number of hydrogen-bond donors (Lipinski definition) is 1. The van der Waals surface area contributed by atoms with E-state index in [1.807, 2.05) is 0 Å². The second-order valence-corrected chi connectivity index (χ2v) is 6.34. The second kappa shape index (κ2) is 6.10. The summed E-state index contributed by atoms with van der Waals surface area (Å²) in [5, 5.41) is 22.4. The molecule has 0 radical (unpaired) electrons. The van der Waals surface area contributed by atoms with E-state index in [1.165, 1.54) is 11.4 Å². The van der Waals surface area contributed by atoms with E-state index >= 15 is 8.78 Å². The summed E-state index contributed by atoms with van der Waals surface area (Å²) in [4.78, 5) is -0.430. The highest BCUT2D eigenvalue weighted by Gasteiger charge is 2.60. The summed E-state index contributed by atoms with van der Waals surface area (Å²) in [6.07, 6.45) is 2.09. The van der Waals surface area contributed by atoms with Crippen molar-refractivity contribution in [2.24, 2.45) is 5.92 Å². The van der Waals surface area contributed by atoms with Crippen molar-refractivity contribution in [3.63, 3.8) is 0 Å². The van der Waals surface area contributed by atoms with Crippen molar-refractivity contribution in [3.8, 4) is 0 Å². The van der Waals surface area contributed by atoms with Crippen LogP contribution in [-0.4, -0.2) is 30.9 Å². The Bertz CT molecular complexity index is 760. The van der Waals surface area contributed by atoms with Gasteiger partial charge in [-0.25, -0.2) is 13.5 Å². The number of alkyl halides is 2. The van der Waals surface area contributed by atoms with Crippen molar-refractivity contribution in [3.05, 3.63) is 52.5 Å². The molecular formula is C14H12F4N4OS. The van der Waals surface area contributed by atoms with E-state index in [9.17, 15) is 13.9 Å². The van der Waals surface area contributed by atoms with Crippen LogP contribution in [0.4, 0.5) is 17.6 Å². The molecular weight excluding hydrogens is 348 g/mol. The van der Waals surface area contributed by atoms with Crippen molar-refractivity contribution in [1.82, 2.24) is 20.2 Å². The summed E-state index contributed by atoms with van der Waals surface area (Å²) in [6.45, 7) is -0.758. The first-order chi connectivity index (χ1) is 11.3. The van der Waals surface area contributed by atoms with E-state index < -0.39 is 46.9 Å². The van der Waals surface area contributed by atoms with Crippen LogP contribution in [0.25, 0.3) is 0 Å². The number of aromatic nitrogens is 4. The van der Waals surface area contributed by atoms with Gasteiger partial charge < -0.3 is 5.11 Å². The van der Waals surface area contributed by atoms with Crippen molar-refractivity contribution < 1.29 is 22.7 Å². The van der Waals surface area contributed by atoms with E-state index in [4.69, 9.17) is 0 Å². The number of allylic oxidation sites excluding steroid dienone is 3. The number of hydrogen-bond acceptors (Lipinski definition) is 5. The average Bonchev–Trinajstić information content (AvgIpc) is 3.20. The van der Waals surface area contributed by atoms with Gasteiger partial charge in [-0.2, -0.15) is 8.78 Å². The van der Waals surface area contributed by atoms with Gasteiger partial charge in [0.05, 0.1) is 17.3 Å². The molecule has 2 heterocycles. The van der Waals surface area contributed by atoms with E-state index in [2.05, 4.69) is 15.5 Å². The molecule has 1 aliphatic carbocycles. The summed E-state index contributed by atoms with van der Waals surface area (Å²) in [6, 6.07) is 2.55. The quantitative estimate of drug-likeness (QED) is 0.833. The van der Waals surface area contributed by atoms with Gasteiger partial charge >= 0.3 is 5.92 Å². The van der Waals surface area contributed by atoms with E-state index in [1.54, 1.807) is 0 Å². The minimum Gasteiger partial charge on any atom is -0.380 e. The third-order valence-electron chi connectivity index (χ3n) is 3.90. The summed E-state index contributed by atoms with van der Waals surface area (Å²) < 4.78 is 58.4. The summed E-state index contributed by atoms with van der Waals surface area (Å²) in [7, 11) is 0. The Balaban J connectivity index is 2.06. The lowest BCUT2D eigenvalue weighted by molar-refractivity contribution is -0.218. The molecule has 0 aromatic carbocycles. The van der Waals surface area contributed by atoms with Gasteiger partial charge in [0.15, 0.2) is 5.60 Å². The summed E-state index contributed by atoms with van der Waals surface area (Å²) >= 11 is 0.733. The first-order valence-corrected chi connectivity index (χ1v) is 7.80. The van der Waals surface area contributed by atoms with E-state index in [0.29, 0.717) is 6.08 Å². The van der Waals surface area contributed by atoms with Crippen molar-refractivity contribution in [2.45, 2.75) is 24.5 Å². The molecule has 0 amide bonds. The largest absolute Gasteiger partial charge is 0.380 e. The third kappa shape index (κ3) is 2.75. The first kappa shape index (κ1) is 16.8. The number of aliphatic hydroxyl groups is 1. The molecule has 0 spiro atoms. The highest BCUT2D eigenvalue weighted by atomic mass is 32.1. The highest BCUT2D eigenvalue weighted by Crippen LogP contribution is 2.50. The molecule has 0 fully saturated rings. The topological polar surface area (TPSA) is 63.8 Å². The van der Waals surface area contributed by atoms with Gasteiger partial charge in [-0.3, -0.25) is 0 Å². The van der Waals surface area contributed by atoms with Crippen molar-refractivity contribution >= 4 is 11.3 Å². The van der Waals surface area contributed by atoms with Crippen LogP contribution < -0.4 is 0 Å². The molecule has 0 saturated carbocycles. The fraction of sp³-hybridized carbons (Fsp3) is 0.357. The standard InChI is InChI=1S/C14H12F4N4OS/c15-9-3-4-10(11(16)6-9)13(23,7-22-8-19-20-21-22)14(17,18)12-2-1-5-24-12/h1-3,5-6,8,10,23H,4,7H2. The average molecular weight is 360 g/mol. The molecule has 2 atom stereocenters. The van der Waals surface area contributed by atoms with Gasteiger partial charge in [0.25, 0.3) is 0 Å². The summed E-state index contributed by atoms with van der Waals surface area (Å²) in [5.41, 5.74) is -2.88. The maximum atomic E-state index is 15.1. The van der Waals surface area contributed by atoms with Gasteiger partial charge in [0.2, 0.25) is 0 Å². The normalized spacial score (nSPS) is 21.1. The van der Waals surface area contributed by atoms with Gasteiger partial charge in [0, 0.05) is 6.08 Å². The monoisotopic (exact) mass is 360 g/mol. The van der Waals surface area contributed by atoms with Crippen molar-refractivity contribution in [2.75, 3.05) is 0 Å². The zero-order chi connectivity index (χ0) is 17.4. The van der Waals surface area contributed by atoms with Crippen LogP contribution in [0, 0.1) is 5.92 Å².